The molecule has 1 spiro atoms. The largest absolute Gasteiger partial charge is 0.384 e. The number of nitrogens with one attached hydrogen (secondary N) is 2. The van der Waals surface area contributed by atoms with Gasteiger partial charge in [0, 0.05) is 23.5 Å². The van der Waals surface area contributed by atoms with Gasteiger partial charge in [-0.2, -0.15) is 5.26 Å². The SMILES string of the molecule is CCN1C(=O)[C@]2(C(C#N)=C(N)Nc3nc(SCc4ccccc4F)[nH]c(=O)c32)c2ccccc21. The summed E-state index contributed by atoms with van der Waals surface area (Å²) >= 11 is 1.14. The third-order valence-corrected chi connectivity index (χ3v) is 7.01. The summed E-state index contributed by atoms with van der Waals surface area (Å²) in [6.07, 6.45) is 0. The topological polar surface area (TPSA) is 128 Å². The zero-order valence-electron chi connectivity index (χ0n) is 18.1. The number of carbonyl (C=O) groups excluding carboxylic acids is 1. The number of likely N-dealkylation sites (N-methyl/N-ethyl adjacent to an activating group) is 1. The second-order valence-electron chi connectivity index (χ2n) is 7.82. The summed E-state index contributed by atoms with van der Waals surface area (Å²) in [5.41, 5.74) is 5.48. The second kappa shape index (κ2) is 8.04. The molecule has 2 aromatic carbocycles. The minimum atomic E-state index is -1.71. The number of nitriles is 1. The fourth-order valence-corrected chi connectivity index (χ4v) is 5.48. The number of anilines is 2. The Hall–Kier alpha value is -4.10. The maximum atomic E-state index is 14.0. The number of carbonyl (C=O) groups is 1. The zero-order valence-corrected chi connectivity index (χ0v) is 18.9. The number of rotatable bonds is 4. The number of amides is 1. The lowest BCUT2D eigenvalue weighted by Gasteiger charge is -2.34. The zero-order chi connectivity index (χ0) is 24.0. The van der Waals surface area contributed by atoms with Crippen LogP contribution >= 0.6 is 11.8 Å². The van der Waals surface area contributed by atoms with Gasteiger partial charge in [-0.3, -0.25) is 9.59 Å². The molecule has 8 nitrogen and oxygen atoms in total. The average molecular weight is 475 g/mol. The van der Waals surface area contributed by atoms with Crippen LogP contribution in [0.2, 0.25) is 0 Å². The number of nitrogens with zero attached hydrogens (tertiary/aromatic N) is 3. The predicted octanol–water partition coefficient (Wildman–Crippen LogP) is 2.97. The van der Waals surface area contributed by atoms with Crippen LogP contribution in [0.3, 0.4) is 0 Å². The Morgan fingerprint density at radius 1 is 1.21 bits per heavy atom. The van der Waals surface area contributed by atoms with E-state index in [1.807, 2.05) is 6.92 Å². The summed E-state index contributed by atoms with van der Waals surface area (Å²) < 4.78 is 14.0. The van der Waals surface area contributed by atoms with Crippen LogP contribution in [0.5, 0.6) is 0 Å². The van der Waals surface area contributed by atoms with Gasteiger partial charge in [-0.25, -0.2) is 9.37 Å². The summed E-state index contributed by atoms with van der Waals surface area (Å²) in [7, 11) is 0. The Morgan fingerprint density at radius 2 is 1.94 bits per heavy atom. The third kappa shape index (κ3) is 2.94. The van der Waals surface area contributed by atoms with Crippen molar-refractivity contribution in [2.45, 2.75) is 23.2 Å². The first-order chi connectivity index (χ1) is 16.4. The molecule has 170 valence electrons. The summed E-state index contributed by atoms with van der Waals surface area (Å²) in [6, 6.07) is 15.4. The Balaban J connectivity index is 1.69. The molecule has 3 heterocycles. The number of nitrogens with two attached hydrogens (primary N) is 1. The Labute approximate surface area is 198 Å². The van der Waals surface area contributed by atoms with E-state index in [0.717, 1.165) is 11.8 Å². The number of aromatic nitrogens is 2. The molecular weight excluding hydrogens is 455 g/mol. The number of thioether (sulfide) groups is 1. The molecule has 10 heteroatoms. The van der Waals surface area contributed by atoms with Crippen molar-refractivity contribution in [2.75, 3.05) is 16.8 Å². The standard InChI is InChI=1S/C24H19FN6O2S/c1-2-31-17-10-6-4-8-14(17)24(22(31)33)15(11-26)19(27)28-20-18(24)21(32)30-23(29-20)34-12-13-7-3-5-9-16(13)25/h3-10H,2,12,27H2,1H3,(H2,28,29,30,32)/t24-/m0/s1. The summed E-state index contributed by atoms with van der Waals surface area (Å²) in [5, 5.41) is 13.1. The first-order valence-electron chi connectivity index (χ1n) is 10.5. The molecule has 5 rings (SSSR count). The van der Waals surface area contributed by atoms with E-state index in [2.05, 4.69) is 21.4 Å². The van der Waals surface area contributed by atoms with E-state index in [9.17, 15) is 19.2 Å². The maximum absolute atomic E-state index is 14.0. The van der Waals surface area contributed by atoms with E-state index in [4.69, 9.17) is 5.73 Å². The van der Waals surface area contributed by atoms with Crippen LogP contribution in [0.4, 0.5) is 15.9 Å². The number of halogens is 1. The highest BCUT2D eigenvalue weighted by molar-refractivity contribution is 7.98. The van der Waals surface area contributed by atoms with Crippen LogP contribution in [0, 0.1) is 17.1 Å². The first-order valence-corrected chi connectivity index (χ1v) is 11.5. The number of hydrogen-bond acceptors (Lipinski definition) is 7. The number of aromatic amines is 1. The highest BCUT2D eigenvalue weighted by Gasteiger charge is 2.59. The van der Waals surface area contributed by atoms with E-state index in [0.29, 0.717) is 23.4 Å². The fourth-order valence-electron chi connectivity index (χ4n) is 4.63. The molecule has 0 bridgehead atoms. The smallest absolute Gasteiger partial charge is 0.258 e. The molecule has 0 aliphatic carbocycles. The molecular formula is C24H19FN6O2S. The van der Waals surface area contributed by atoms with Crippen molar-refractivity contribution in [1.82, 2.24) is 9.97 Å². The molecule has 2 aliphatic rings. The lowest BCUT2D eigenvalue weighted by molar-refractivity contribution is -0.120. The highest BCUT2D eigenvalue weighted by atomic mass is 32.2. The van der Waals surface area contributed by atoms with Crippen LogP contribution in [-0.2, 0) is 16.0 Å². The van der Waals surface area contributed by atoms with Crippen molar-refractivity contribution in [3.63, 3.8) is 0 Å². The van der Waals surface area contributed by atoms with Gasteiger partial charge >= 0.3 is 0 Å². The number of H-pyrrole nitrogens is 1. The van der Waals surface area contributed by atoms with Gasteiger partial charge in [0.25, 0.3) is 5.56 Å². The molecule has 1 aromatic heterocycles. The lowest BCUT2D eigenvalue weighted by atomic mass is 9.69. The minimum absolute atomic E-state index is 0.0156. The molecule has 0 radical (unpaired) electrons. The van der Waals surface area contributed by atoms with Gasteiger partial charge in [0.1, 0.15) is 28.9 Å². The fraction of sp³-hybridized carbons (Fsp3) is 0.167. The second-order valence-corrected chi connectivity index (χ2v) is 8.78. The van der Waals surface area contributed by atoms with Crippen LogP contribution in [0.25, 0.3) is 0 Å². The normalized spacial score (nSPS) is 18.5. The molecule has 1 amide bonds. The molecule has 0 saturated heterocycles. The maximum Gasteiger partial charge on any atom is 0.258 e. The van der Waals surface area contributed by atoms with E-state index >= 15 is 0 Å². The molecule has 0 saturated carbocycles. The van der Waals surface area contributed by atoms with Crippen molar-refractivity contribution in [2.24, 2.45) is 5.73 Å². The Morgan fingerprint density at radius 3 is 2.68 bits per heavy atom. The van der Waals surface area contributed by atoms with E-state index < -0.39 is 16.9 Å². The van der Waals surface area contributed by atoms with Crippen molar-refractivity contribution >= 4 is 29.2 Å². The third-order valence-electron chi connectivity index (χ3n) is 6.09. The lowest BCUT2D eigenvalue weighted by Crippen LogP contribution is -2.49. The van der Waals surface area contributed by atoms with Gasteiger partial charge < -0.3 is 20.9 Å². The number of hydrogen-bond donors (Lipinski definition) is 3. The van der Waals surface area contributed by atoms with Gasteiger partial charge in [-0.15, -0.1) is 0 Å². The molecule has 34 heavy (non-hydrogen) atoms. The van der Waals surface area contributed by atoms with Gasteiger partial charge in [-0.1, -0.05) is 48.2 Å². The predicted molar refractivity (Wildman–Crippen MR) is 127 cm³/mol. The quantitative estimate of drug-likeness (QED) is 0.392. The van der Waals surface area contributed by atoms with Crippen LogP contribution in [0.1, 0.15) is 23.6 Å². The average Bonchev–Trinajstić information content (AvgIpc) is 3.06. The van der Waals surface area contributed by atoms with E-state index in [1.165, 1.54) is 11.0 Å². The molecule has 3 aromatic rings. The van der Waals surface area contributed by atoms with Crippen LogP contribution in [0.15, 0.2) is 69.9 Å². The van der Waals surface area contributed by atoms with Gasteiger partial charge in [-0.05, 0) is 24.6 Å². The van der Waals surface area contributed by atoms with Crippen molar-refractivity contribution in [3.05, 3.63) is 92.8 Å². The van der Waals surface area contributed by atoms with E-state index in [-0.39, 0.29) is 39.5 Å². The Kier molecular flexibility index (Phi) is 5.14. The Bertz CT molecular complexity index is 1480. The molecule has 0 unspecified atom stereocenters. The molecule has 4 N–H and O–H groups in total. The van der Waals surface area contributed by atoms with E-state index in [1.54, 1.807) is 42.5 Å². The van der Waals surface area contributed by atoms with Crippen molar-refractivity contribution in [3.8, 4) is 6.07 Å². The first kappa shape index (κ1) is 21.7. The minimum Gasteiger partial charge on any atom is -0.384 e. The number of benzene rings is 2. The highest BCUT2D eigenvalue weighted by Crippen LogP contribution is 2.52. The number of fused-ring (bicyclic) bond motifs is 4. The van der Waals surface area contributed by atoms with Gasteiger partial charge in [0.05, 0.1) is 11.1 Å². The molecule has 1 atom stereocenters. The number of para-hydroxylation sites is 1. The molecule has 2 aliphatic heterocycles. The summed E-state index contributed by atoms with van der Waals surface area (Å²) in [6.45, 7) is 2.17. The van der Waals surface area contributed by atoms with Crippen molar-refractivity contribution < 1.29 is 9.18 Å². The molecule has 0 fully saturated rings. The summed E-state index contributed by atoms with van der Waals surface area (Å²) in [4.78, 5) is 36.1. The van der Waals surface area contributed by atoms with Gasteiger partial charge in [0.2, 0.25) is 5.91 Å². The monoisotopic (exact) mass is 474 g/mol. The van der Waals surface area contributed by atoms with Crippen LogP contribution in [-0.4, -0.2) is 22.4 Å². The summed E-state index contributed by atoms with van der Waals surface area (Å²) in [5.74, 6) is -0.500. The van der Waals surface area contributed by atoms with Gasteiger partial charge in [0.15, 0.2) is 5.16 Å². The van der Waals surface area contributed by atoms with Crippen molar-refractivity contribution in [1.29, 1.82) is 5.26 Å². The van der Waals surface area contributed by atoms with Crippen LogP contribution < -0.4 is 21.5 Å².